The summed E-state index contributed by atoms with van der Waals surface area (Å²) in [6, 6.07) is 17.5. The molecule has 0 saturated heterocycles. The van der Waals surface area contributed by atoms with Crippen molar-refractivity contribution in [1.82, 2.24) is 9.55 Å². The van der Waals surface area contributed by atoms with E-state index in [0.29, 0.717) is 11.9 Å². The van der Waals surface area contributed by atoms with Crippen LogP contribution in [0.4, 0.5) is 0 Å². The molecular formula is C31H39N3O2. The zero-order chi connectivity index (χ0) is 25.2. The molecule has 2 aromatic heterocycles. The van der Waals surface area contributed by atoms with Crippen LogP contribution in [0.1, 0.15) is 93.7 Å². The summed E-state index contributed by atoms with van der Waals surface area (Å²) < 4.78 is 3.31. The van der Waals surface area contributed by atoms with Gasteiger partial charge in [0.05, 0.1) is 10.9 Å². The Hall–Kier alpha value is -3.21. The highest BCUT2D eigenvalue weighted by Gasteiger charge is 2.17. The second-order valence-corrected chi connectivity index (χ2v) is 9.86. The molecule has 5 heteroatoms. The monoisotopic (exact) mass is 485 g/mol. The van der Waals surface area contributed by atoms with Gasteiger partial charge in [-0.1, -0.05) is 94.3 Å². The van der Waals surface area contributed by atoms with Crippen LogP contribution in [-0.2, 0) is 13.0 Å². The van der Waals surface area contributed by atoms with Crippen LogP contribution in [-0.4, -0.2) is 15.3 Å². The molecule has 2 aromatic carbocycles. The van der Waals surface area contributed by atoms with E-state index in [0.717, 1.165) is 71.2 Å². The van der Waals surface area contributed by atoms with Crippen molar-refractivity contribution in [2.45, 2.75) is 90.5 Å². The Bertz CT molecular complexity index is 1260. The molecule has 0 aliphatic rings. The molecule has 5 nitrogen and oxygen atoms in total. The molecule has 190 valence electrons. The van der Waals surface area contributed by atoms with Gasteiger partial charge in [-0.2, -0.15) is 4.73 Å². The summed E-state index contributed by atoms with van der Waals surface area (Å²) in [7, 11) is 0. The summed E-state index contributed by atoms with van der Waals surface area (Å²) in [6.45, 7) is 3.13. The van der Waals surface area contributed by atoms with E-state index in [1.54, 1.807) is 6.20 Å². The number of carbonyl (C=O) groups excluding carboxylic acids is 1. The van der Waals surface area contributed by atoms with Gasteiger partial charge in [-0.3, -0.25) is 4.79 Å². The minimum Gasteiger partial charge on any atom is -0.618 e. The first-order valence-electron chi connectivity index (χ1n) is 13.8. The number of ketones is 1. The van der Waals surface area contributed by atoms with E-state index < -0.39 is 0 Å². The molecule has 0 N–H and O–H groups in total. The van der Waals surface area contributed by atoms with Gasteiger partial charge in [-0.15, -0.1) is 0 Å². The minimum atomic E-state index is 0.267. The van der Waals surface area contributed by atoms with Crippen molar-refractivity contribution in [2.75, 3.05) is 0 Å². The highest BCUT2D eigenvalue weighted by atomic mass is 16.5. The molecule has 0 radical (unpaired) electrons. The number of imidazole rings is 1. The number of carbonyl (C=O) groups is 1. The average Bonchev–Trinajstić information content (AvgIpc) is 3.24. The summed E-state index contributed by atoms with van der Waals surface area (Å²) in [6.07, 6.45) is 15.0. The Morgan fingerprint density at radius 3 is 2.22 bits per heavy atom. The van der Waals surface area contributed by atoms with Crippen LogP contribution in [0.5, 0.6) is 0 Å². The molecule has 0 spiro atoms. The summed E-state index contributed by atoms with van der Waals surface area (Å²) in [5, 5.41) is 13.4. The smallest absolute Gasteiger partial charge is 0.226 e. The maximum Gasteiger partial charge on any atom is 0.226 e. The zero-order valence-electron chi connectivity index (χ0n) is 21.6. The number of rotatable bonds is 15. The van der Waals surface area contributed by atoms with E-state index in [4.69, 9.17) is 4.98 Å². The van der Waals surface area contributed by atoms with Gasteiger partial charge in [0.25, 0.3) is 0 Å². The number of pyridine rings is 1. The first-order valence-corrected chi connectivity index (χ1v) is 13.8. The number of fused-ring (bicyclic) bond motifs is 3. The van der Waals surface area contributed by atoms with Crippen molar-refractivity contribution in [3.63, 3.8) is 0 Å². The minimum absolute atomic E-state index is 0.267. The molecule has 0 aliphatic carbocycles. The van der Waals surface area contributed by atoms with Crippen molar-refractivity contribution in [3.05, 3.63) is 77.4 Å². The van der Waals surface area contributed by atoms with Crippen LogP contribution in [0.25, 0.3) is 21.9 Å². The van der Waals surface area contributed by atoms with Crippen LogP contribution >= 0.6 is 0 Å². The third kappa shape index (κ3) is 6.51. The van der Waals surface area contributed by atoms with E-state index in [-0.39, 0.29) is 5.78 Å². The molecule has 0 atom stereocenters. The second-order valence-electron chi connectivity index (χ2n) is 9.86. The van der Waals surface area contributed by atoms with Crippen LogP contribution in [0, 0.1) is 5.21 Å². The summed E-state index contributed by atoms with van der Waals surface area (Å²) in [4.78, 5) is 17.0. The second kappa shape index (κ2) is 13.2. The predicted molar refractivity (Wildman–Crippen MR) is 147 cm³/mol. The molecule has 0 amide bonds. The Morgan fingerprint density at radius 2 is 1.50 bits per heavy atom. The third-order valence-corrected chi connectivity index (χ3v) is 7.06. The van der Waals surface area contributed by atoms with Crippen molar-refractivity contribution in [1.29, 1.82) is 0 Å². The number of aryl methyl sites for hydroxylation is 2. The number of Topliss-reactive ketones (excluding diaryl/α,β-unsaturated/α-hetero) is 1. The quantitative estimate of drug-likeness (QED) is 0.0755. The fraction of sp³-hybridized carbons (Fsp3) is 0.452. The highest BCUT2D eigenvalue weighted by molar-refractivity contribution is 6.00. The number of nitrogens with zero attached hydrogens (tertiary/aromatic N) is 3. The van der Waals surface area contributed by atoms with Gasteiger partial charge in [-0.25, -0.2) is 4.98 Å². The standard InChI is InChI=1S/C31H39N3O2/c1-2-17-30-32-27-24-34(36)28-21-15-14-20-26(28)31(27)33(30)23-16-9-7-5-3-4-6-8-13-22-29(35)25-18-11-10-12-19-25/h10-12,14-15,18-21,24H,2-9,13,16-17,22-23H2,1H3. The van der Waals surface area contributed by atoms with Crippen molar-refractivity contribution in [2.24, 2.45) is 0 Å². The summed E-state index contributed by atoms with van der Waals surface area (Å²) in [5.74, 6) is 1.36. The fourth-order valence-electron chi connectivity index (χ4n) is 5.16. The number of benzene rings is 2. The lowest BCUT2D eigenvalue weighted by Gasteiger charge is -2.10. The first kappa shape index (κ1) is 25.9. The molecule has 0 saturated carbocycles. The number of aromatic nitrogens is 3. The van der Waals surface area contributed by atoms with Crippen LogP contribution in [0.2, 0.25) is 0 Å². The molecular weight excluding hydrogens is 446 g/mol. The lowest BCUT2D eigenvalue weighted by molar-refractivity contribution is -0.575. The molecule has 0 aliphatic heterocycles. The summed E-state index contributed by atoms with van der Waals surface area (Å²) in [5.41, 5.74) is 3.45. The van der Waals surface area contributed by atoms with E-state index >= 15 is 0 Å². The van der Waals surface area contributed by atoms with Gasteiger partial charge in [0.2, 0.25) is 11.7 Å². The molecule has 0 fully saturated rings. The Morgan fingerprint density at radius 1 is 0.861 bits per heavy atom. The van der Waals surface area contributed by atoms with E-state index in [2.05, 4.69) is 11.5 Å². The fourth-order valence-corrected chi connectivity index (χ4v) is 5.16. The summed E-state index contributed by atoms with van der Waals surface area (Å²) >= 11 is 0. The van der Waals surface area contributed by atoms with Crippen LogP contribution in [0.15, 0.2) is 60.8 Å². The lowest BCUT2D eigenvalue weighted by atomic mass is 10.0. The molecule has 0 bridgehead atoms. The van der Waals surface area contributed by atoms with Crippen LogP contribution in [0.3, 0.4) is 0 Å². The topological polar surface area (TPSA) is 61.8 Å². The average molecular weight is 486 g/mol. The van der Waals surface area contributed by atoms with E-state index in [9.17, 15) is 10.0 Å². The number of hydrogen-bond donors (Lipinski definition) is 0. The van der Waals surface area contributed by atoms with Crippen LogP contribution < -0.4 is 4.73 Å². The van der Waals surface area contributed by atoms with E-state index in [1.165, 1.54) is 38.5 Å². The van der Waals surface area contributed by atoms with Gasteiger partial charge in [0.1, 0.15) is 5.82 Å². The maximum absolute atomic E-state index is 12.5. The third-order valence-electron chi connectivity index (χ3n) is 7.06. The van der Waals surface area contributed by atoms with Gasteiger partial charge < -0.3 is 9.77 Å². The Kier molecular flexibility index (Phi) is 9.48. The Balaban J connectivity index is 1.17. The highest BCUT2D eigenvalue weighted by Crippen LogP contribution is 2.25. The van der Waals surface area contributed by atoms with E-state index in [1.807, 2.05) is 54.6 Å². The van der Waals surface area contributed by atoms with Crippen molar-refractivity contribution in [3.8, 4) is 0 Å². The molecule has 36 heavy (non-hydrogen) atoms. The number of para-hydroxylation sites is 1. The molecule has 4 aromatic rings. The largest absolute Gasteiger partial charge is 0.618 e. The van der Waals surface area contributed by atoms with Gasteiger partial charge in [-0.05, 0) is 25.3 Å². The number of unbranched alkanes of at least 4 members (excludes halogenated alkanes) is 8. The molecule has 4 rings (SSSR count). The lowest BCUT2D eigenvalue weighted by Crippen LogP contribution is -2.26. The van der Waals surface area contributed by atoms with Gasteiger partial charge >= 0.3 is 0 Å². The number of hydrogen-bond acceptors (Lipinski definition) is 3. The van der Waals surface area contributed by atoms with Crippen molar-refractivity contribution >= 4 is 27.7 Å². The molecule has 0 unspecified atom stereocenters. The van der Waals surface area contributed by atoms with Crippen molar-refractivity contribution < 1.29 is 9.52 Å². The first-order chi connectivity index (χ1) is 17.7. The maximum atomic E-state index is 12.5. The Labute approximate surface area is 214 Å². The van der Waals surface area contributed by atoms with Gasteiger partial charge in [0, 0.05) is 31.0 Å². The SMILES string of the molecule is CCCc1nc2c[n+]([O-])c3ccccc3c2n1CCCCCCCCCCCC(=O)c1ccccc1. The predicted octanol–water partition coefficient (Wildman–Crippen LogP) is 7.56. The zero-order valence-corrected chi connectivity index (χ0v) is 21.6. The van der Waals surface area contributed by atoms with Gasteiger partial charge in [0.15, 0.2) is 11.3 Å². The normalized spacial score (nSPS) is 11.5. The molecule has 2 heterocycles.